The predicted molar refractivity (Wildman–Crippen MR) is 92.9 cm³/mol. The molecule has 0 saturated carbocycles. The number of hydrogen-bond donors (Lipinski definition) is 2. The van der Waals surface area contributed by atoms with Gasteiger partial charge in [0.2, 0.25) is 0 Å². The second-order valence-corrected chi connectivity index (χ2v) is 6.80. The smallest absolute Gasteiger partial charge is 0.315 e. The Hall–Kier alpha value is -2.08. The van der Waals surface area contributed by atoms with Gasteiger partial charge in [-0.3, -0.25) is 0 Å². The van der Waals surface area contributed by atoms with Gasteiger partial charge in [0.25, 0.3) is 0 Å². The van der Waals surface area contributed by atoms with Crippen LogP contribution in [-0.2, 0) is 0 Å². The highest BCUT2D eigenvalue weighted by Gasteiger charge is 2.23. The summed E-state index contributed by atoms with van der Waals surface area (Å²) in [6.07, 6.45) is 2.34. The Bertz CT molecular complexity index is 690. The summed E-state index contributed by atoms with van der Waals surface area (Å²) in [5, 5.41) is 7.98. The van der Waals surface area contributed by atoms with Crippen molar-refractivity contribution in [1.29, 1.82) is 0 Å². The first-order chi connectivity index (χ1) is 11.7. The summed E-state index contributed by atoms with van der Waals surface area (Å²) in [6.45, 7) is 2.61. The summed E-state index contributed by atoms with van der Waals surface area (Å²) in [5.41, 5.74) is 0.701. The van der Waals surface area contributed by atoms with E-state index in [0.29, 0.717) is 17.9 Å². The molecule has 0 unspecified atom stereocenters. The molecule has 1 aliphatic heterocycles. The molecule has 2 N–H and O–H groups in total. The van der Waals surface area contributed by atoms with Crippen molar-refractivity contribution in [3.8, 4) is 5.75 Å². The lowest BCUT2D eigenvalue weighted by Gasteiger charge is -2.21. The molecule has 1 aromatic carbocycles. The lowest BCUT2D eigenvalue weighted by molar-refractivity contribution is 0.232. The van der Waals surface area contributed by atoms with Gasteiger partial charge in [-0.25, -0.2) is 9.18 Å². The quantitative estimate of drug-likeness (QED) is 0.851. The van der Waals surface area contributed by atoms with Gasteiger partial charge in [-0.05, 0) is 48.9 Å². The number of carbonyl (C=O) groups is 1. The van der Waals surface area contributed by atoms with E-state index in [1.54, 1.807) is 17.4 Å². The van der Waals surface area contributed by atoms with Crippen molar-refractivity contribution < 1.29 is 13.9 Å². The summed E-state index contributed by atoms with van der Waals surface area (Å²) in [5.74, 6) is 0.320. The van der Waals surface area contributed by atoms with E-state index in [2.05, 4.69) is 10.6 Å². The molecular weight excluding hydrogens is 327 g/mol. The number of halogens is 1. The highest BCUT2D eigenvalue weighted by atomic mass is 32.1. The number of carbonyl (C=O) groups excluding carboxylic acids is 1. The monoisotopic (exact) mass is 348 g/mol. The molecule has 1 aliphatic rings. The maximum atomic E-state index is 13.6. The molecule has 2 amide bonds. The predicted octanol–water partition coefficient (Wildman–Crippen LogP) is 4.55. The molecule has 0 bridgehead atoms. The molecule has 1 aromatic heterocycles. The molecule has 2 atom stereocenters. The number of urea groups is 1. The van der Waals surface area contributed by atoms with Crippen LogP contribution in [0, 0.1) is 5.82 Å². The van der Waals surface area contributed by atoms with E-state index in [1.165, 1.54) is 12.1 Å². The Morgan fingerprint density at radius 2 is 2.33 bits per heavy atom. The number of amides is 2. The zero-order valence-electron chi connectivity index (χ0n) is 13.5. The number of rotatable bonds is 4. The molecule has 2 aromatic rings. The topological polar surface area (TPSA) is 50.4 Å². The number of ether oxygens (including phenoxy) is 1. The van der Waals surface area contributed by atoms with Crippen molar-refractivity contribution in [2.24, 2.45) is 0 Å². The van der Waals surface area contributed by atoms with Gasteiger partial charge in [0.15, 0.2) is 0 Å². The molecule has 128 valence electrons. The zero-order valence-corrected chi connectivity index (χ0v) is 14.4. The molecule has 2 heterocycles. The molecule has 0 radical (unpaired) electrons. The van der Waals surface area contributed by atoms with Crippen LogP contribution >= 0.6 is 11.3 Å². The van der Waals surface area contributed by atoms with Crippen molar-refractivity contribution in [1.82, 2.24) is 10.6 Å². The SMILES string of the molecule is CC[C@H](NC(=O)N[C@H]1CCCOc2ccc(F)cc21)c1cccs1. The number of benzene rings is 1. The fraction of sp³-hybridized carbons (Fsp3) is 0.389. The van der Waals surface area contributed by atoms with Crippen LogP contribution in [0.3, 0.4) is 0 Å². The third kappa shape index (κ3) is 3.87. The first kappa shape index (κ1) is 16.8. The summed E-state index contributed by atoms with van der Waals surface area (Å²) in [4.78, 5) is 13.6. The van der Waals surface area contributed by atoms with Gasteiger partial charge >= 0.3 is 6.03 Å². The van der Waals surface area contributed by atoms with E-state index in [-0.39, 0.29) is 23.9 Å². The van der Waals surface area contributed by atoms with Crippen LogP contribution in [0.2, 0.25) is 0 Å². The molecule has 24 heavy (non-hydrogen) atoms. The van der Waals surface area contributed by atoms with Gasteiger partial charge in [-0.2, -0.15) is 0 Å². The van der Waals surface area contributed by atoms with Crippen LogP contribution in [0.25, 0.3) is 0 Å². The lowest BCUT2D eigenvalue weighted by atomic mass is 10.0. The molecular formula is C18H21FN2O2S. The van der Waals surface area contributed by atoms with Crippen molar-refractivity contribution in [2.45, 2.75) is 38.3 Å². The molecule has 0 saturated heterocycles. The largest absolute Gasteiger partial charge is 0.493 e. The second-order valence-electron chi connectivity index (χ2n) is 5.82. The van der Waals surface area contributed by atoms with E-state index in [4.69, 9.17) is 4.74 Å². The first-order valence-corrected chi connectivity index (χ1v) is 9.08. The summed E-state index contributed by atoms with van der Waals surface area (Å²) >= 11 is 1.63. The third-order valence-corrected chi connectivity index (χ3v) is 5.13. The summed E-state index contributed by atoms with van der Waals surface area (Å²) in [7, 11) is 0. The first-order valence-electron chi connectivity index (χ1n) is 8.20. The van der Waals surface area contributed by atoms with E-state index in [0.717, 1.165) is 24.1 Å². The number of fused-ring (bicyclic) bond motifs is 1. The van der Waals surface area contributed by atoms with Crippen molar-refractivity contribution in [3.05, 3.63) is 52.0 Å². The fourth-order valence-corrected chi connectivity index (χ4v) is 3.78. The highest BCUT2D eigenvalue weighted by Crippen LogP contribution is 2.32. The van der Waals surface area contributed by atoms with Crippen molar-refractivity contribution >= 4 is 17.4 Å². The van der Waals surface area contributed by atoms with E-state index in [1.807, 2.05) is 24.4 Å². The minimum absolute atomic E-state index is 0.0148. The van der Waals surface area contributed by atoms with Gasteiger partial charge in [0.05, 0.1) is 18.7 Å². The number of thiophene rings is 1. The number of nitrogens with one attached hydrogen (secondary N) is 2. The maximum absolute atomic E-state index is 13.6. The van der Waals surface area contributed by atoms with E-state index < -0.39 is 0 Å². The van der Waals surface area contributed by atoms with Gasteiger partial charge in [0, 0.05) is 10.4 Å². The molecule has 6 heteroatoms. The Balaban J connectivity index is 1.71. The second kappa shape index (κ2) is 7.66. The maximum Gasteiger partial charge on any atom is 0.315 e. The minimum atomic E-state index is -0.323. The van der Waals surface area contributed by atoms with Crippen LogP contribution < -0.4 is 15.4 Å². The Morgan fingerprint density at radius 1 is 1.46 bits per heavy atom. The Labute approximate surface area is 145 Å². The van der Waals surface area contributed by atoms with E-state index >= 15 is 0 Å². The van der Waals surface area contributed by atoms with Gasteiger partial charge < -0.3 is 15.4 Å². The standard InChI is InChI=1S/C18H21FN2O2S/c1-2-14(17-6-4-10-24-17)20-18(22)21-15-5-3-9-23-16-8-7-12(19)11-13(15)16/h4,6-8,10-11,14-15H,2-3,5,9H2,1H3,(H2,20,21,22)/t14-,15-/m0/s1. The lowest BCUT2D eigenvalue weighted by Crippen LogP contribution is -2.39. The normalized spacial score (nSPS) is 18.0. The van der Waals surface area contributed by atoms with Crippen LogP contribution in [0.15, 0.2) is 35.7 Å². The minimum Gasteiger partial charge on any atom is -0.493 e. The fourth-order valence-electron chi connectivity index (χ4n) is 2.92. The summed E-state index contributed by atoms with van der Waals surface area (Å²) < 4.78 is 19.2. The average molecular weight is 348 g/mol. The third-order valence-electron chi connectivity index (χ3n) is 4.15. The van der Waals surface area contributed by atoms with Crippen LogP contribution in [0.5, 0.6) is 5.75 Å². The van der Waals surface area contributed by atoms with Crippen LogP contribution in [0.1, 0.15) is 48.7 Å². The summed E-state index contributed by atoms with van der Waals surface area (Å²) in [6, 6.07) is 7.94. The van der Waals surface area contributed by atoms with E-state index in [9.17, 15) is 9.18 Å². The Kier molecular flexibility index (Phi) is 5.35. The van der Waals surface area contributed by atoms with Gasteiger partial charge in [-0.1, -0.05) is 13.0 Å². The van der Waals surface area contributed by atoms with Crippen LogP contribution in [-0.4, -0.2) is 12.6 Å². The molecule has 0 fully saturated rings. The van der Waals surface area contributed by atoms with Gasteiger partial charge in [0.1, 0.15) is 11.6 Å². The van der Waals surface area contributed by atoms with Crippen molar-refractivity contribution in [3.63, 3.8) is 0 Å². The molecule has 0 aliphatic carbocycles. The molecule has 4 nitrogen and oxygen atoms in total. The molecule has 0 spiro atoms. The Morgan fingerprint density at radius 3 is 3.08 bits per heavy atom. The number of hydrogen-bond acceptors (Lipinski definition) is 3. The zero-order chi connectivity index (χ0) is 16.9. The van der Waals surface area contributed by atoms with Crippen molar-refractivity contribution in [2.75, 3.05) is 6.61 Å². The van der Waals surface area contributed by atoms with Crippen LogP contribution in [0.4, 0.5) is 9.18 Å². The van der Waals surface area contributed by atoms with Gasteiger partial charge in [-0.15, -0.1) is 11.3 Å². The molecule has 3 rings (SSSR count). The highest BCUT2D eigenvalue weighted by molar-refractivity contribution is 7.10. The average Bonchev–Trinajstić information content (AvgIpc) is 3.04.